The number of furan rings is 1. The average molecular weight is 271 g/mol. The first kappa shape index (κ1) is 12.8. The van der Waals surface area contributed by atoms with Gasteiger partial charge in [-0.2, -0.15) is 0 Å². The SMILES string of the molecule is COC(=O)c1occc1CN1c2ccccc2C[C@@H]1C. The van der Waals surface area contributed by atoms with Gasteiger partial charge in [-0.1, -0.05) is 18.2 Å². The predicted molar refractivity (Wildman–Crippen MR) is 75.8 cm³/mol. The Morgan fingerprint density at radius 2 is 2.20 bits per heavy atom. The van der Waals surface area contributed by atoms with E-state index < -0.39 is 5.97 Å². The summed E-state index contributed by atoms with van der Waals surface area (Å²) in [6, 6.07) is 10.6. The highest BCUT2D eigenvalue weighted by Gasteiger charge is 2.27. The summed E-state index contributed by atoms with van der Waals surface area (Å²) in [6.45, 7) is 2.84. The van der Waals surface area contributed by atoms with Gasteiger partial charge in [0.15, 0.2) is 0 Å². The molecular formula is C16H17NO3. The third kappa shape index (κ3) is 2.07. The van der Waals surface area contributed by atoms with E-state index >= 15 is 0 Å². The lowest BCUT2D eigenvalue weighted by atomic mass is 10.1. The molecule has 1 aliphatic rings. The molecule has 0 radical (unpaired) electrons. The Morgan fingerprint density at radius 3 is 3.00 bits per heavy atom. The highest BCUT2D eigenvalue weighted by molar-refractivity contribution is 5.88. The molecule has 1 atom stereocenters. The van der Waals surface area contributed by atoms with Crippen LogP contribution in [0.15, 0.2) is 41.0 Å². The van der Waals surface area contributed by atoms with Gasteiger partial charge < -0.3 is 14.1 Å². The van der Waals surface area contributed by atoms with Crippen LogP contribution < -0.4 is 4.90 Å². The van der Waals surface area contributed by atoms with Crippen molar-refractivity contribution in [3.05, 3.63) is 53.5 Å². The molecule has 3 rings (SSSR count). The lowest BCUT2D eigenvalue weighted by Crippen LogP contribution is -2.29. The second-order valence-electron chi connectivity index (χ2n) is 5.08. The van der Waals surface area contributed by atoms with Crippen LogP contribution in [0.25, 0.3) is 0 Å². The van der Waals surface area contributed by atoms with E-state index in [0.717, 1.165) is 12.0 Å². The van der Waals surface area contributed by atoms with Crippen LogP contribution in [0.2, 0.25) is 0 Å². The Hall–Kier alpha value is -2.23. The Labute approximate surface area is 118 Å². The van der Waals surface area contributed by atoms with Crippen LogP contribution in [-0.4, -0.2) is 19.1 Å². The van der Waals surface area contributed by atoms with Crippen molar-refractivity contribution in [3.63, 3.8) is 0 Å². The van der Waals surface area contributed by atoms with Crippen molar-refractivity contribution >= 4 is 11.7 Å². The molecule has 4 nitrogen and oxygen atoms in total. The zero-order valence-corrected chi connectivity index (χ0v) is 11.6. The molecule has 0 amide bonds. The fourth-order valence-corrected chi connectivity index (χ4v) is 2.79. The highest BCUT2D eigenvalue weighted by atomic mass is 16.5. The van der Waals surface area contributed by atoms with Crippen LogP contribution >= 0.6 is 0 Å². The maximum absolute atomic E-state index is 11.7. The monoisotopic (exact) mass is 271 g/mol. The molecule has 0 spiro atoms. The van der Waals surface area contributed by atoms with E-state index in [1.54, 1.807) is 0 Å². The van der Waals surface area contributed by atoms with Gasteiger partial charge in [-0.3, -0.25) is 0 Å². The lowest BCUT2D eigenvalue weighted by Gasteiger charge is -2.24. The number of benzene rings is 1. The number of anilines is 1. The van der Waals surface area contributed by atoms with Crippen molar-refractivity contribution in [1.29, 1.82) is 0 Å². The van der Waals surface area contributed by atoms with E-state index in [1.807, 2.05) is 12.1 Å². The van der Waals surface area contributed by atoms with E-state index in [9.17, 15) is 4.79 Å². The number of ether oxygens (including phenoxy) is 1. The highest BCUT2D eigenvalue weighted by Crippen LogP contribution is 2.33. The molecule has 104 valence electrons. The van der Waals surface area contributed by atoms with E-state index in [1.165, 1.54) is 24.6 Å². The van der Waals surface area contributed by atoms with E-state index in [2.05, 4.69) is 30.0 Å². The van der Waals surface area contributed by atoms with Gasteiger partial charge >= 0.3 is 5.97 Å². The molecule has 0 N–H and O–H groups in total. The molecule has 1 aliphatic heterocycles. The molecule has 0 saturated carbocycles. The number of rotatable bonds is 3. The summed E-state index contributed by atoms with van der Waals surface area (Å²) in [6.07, 6.45) is 2.57. The summed E-state index contributed by atoms with van der Waals surface area (Å²) in [5.41, 5.74) is 3.44. The van der Waals surface area contributed by atoms with Gasteiger partial charge in [-0.25, -0.2) is 4.79 Å². The van der Waals surface area contributed by atoms with Crippen LogP contribution in [0, 0.1) is 0 Å². The summed E-state index contributed by atoms with van der Waals surface area (Å²) >= 11 is 0. The second kappa shape index (κ2) is 5.04. The number of hydrogen-bond acceptors (Lipinski definition) is 4. The predicted octanol–water partition coefficient (Wildman–Crippen LogP) is 3.02. The van der Waals surface area contributed by atoms with Gasteiger partial charge in [-0.15, -0.1) is 0 Å². The first-order valence-corrected chi connectivity index (χ1v) is 6.70. The Kier molecular flexibility index (Phi) is 3.22. The van der Waals surface area contributed by atoms with Gasteiger partial charge in [-0.05, 0) is 31.0 Å². The molecule has 2 heterocycles. The molecule has 2 aromatic rings. The van der Waals surface area contributed by atoms with Crippen LogP contribution in [0.1, 0.15) is 28.6 Å². The van der Waals surface area contributed by atoms with Crippen molar-refractivity contribution in [2.75, 3.05) is 12.0 Å². The summed E-state index contributed by atoms with van der Waals surface area (Å²) in [5.74, 6) is -0.130. The Morgan fingerprint density at radius 1 is 1.40 bits per heavy atom. The average Bonchev–Trinajstić information content (AvgIpc) is 3.04. The molecule has 4 heteroatoms. The first-order chi connectivity index (χ1) is 9.70. The molecule has 0 fully saturated rings. The quantitative estimate of drug-likeness (QED) is 0.805. The maximum atomic E-state index is 11.7. The number of methoxy groups -OCH3 is 1. The standard InChI is InChI=1S/C16H17NO3/c1-11-9-12-5-3-4-6-14(12)17(11)10-13-7-8-20-15(13)16(18)19-2/h3-8,11H,9-10H2,1-2H3/t11-/m0/s1. The van der Waals surface area contributed by atoms with Gasteiger partial charge in [0.2, 0.25) is 5.76 Å². The van der Waals surface area contributed by atoms with Crippen LogP contribution in [0.4, 0.5) is 5.69 Å². The summed E-state index contributed by atoms with van der Waals surface area (Å²) in [4.78, 5) is 14.0. The number of fused-ring (bicyclic) bond motifs is 1. The molecule has 0 aliphatic carbocycles. The normalized spacial score (nSPS) is 17.1. The smallest absolute Gasteiger partial charge is 0.374 e. The van der Waals surface area contributed by atoms with Gasteiger partial charge in [0, 0.05) is 23.8 Å². The fourth-order valence-electron chi connectivity index (χ4n) is 2.79. The Bertz CT molecular complexity index is 632. The minimum atomic E-state index is -0.426. The molecule has 0 unspecified atom stereocenters. The van der Waals surface area contributed by atoms with E-state index in [4.69, 9.17) is 9.15 Å². The van der Waals surface area contributed by atoms with E-state index in [0.29, 0.717) is 18.3 Å². The van der Waals surface area contributed by atoms with Crippen molar-refractivity contribution < 1.29 is 13.9 Å². The summed E-state index contributed by atoms with van der Waals surface area (Å²) in [7, 11) is 1.36. The molecule has 20 heavy (non-hydrogen) atoms. The largest absolute Gasteiger partial charge is 0.463 e. The maximum Gasteiger partial charge on any atom is 0.374 e. The summed E-state index contributed by atoms with van der Waals surface area (Å²) in [5, 5.41) is 0. The fraction of sp³-hybridized carbons (Fsp3) is 0.312. The molecule has 1 aromatic carbocycles. The zero-order chi connectivity index (χ0) is 14.1. The summed E-state index contributed by atoms with van der Waals surface area (Å²) < 4.78 is 9.99. The van der Waals surface area contributed by atoms with Gasteiger partial charge in [0.25, 0.3) is 0 Å². The van der Waals surface area contributed by atoms with Crippen molar-refractivity contribution in [3.8, 4) is 0 Å². The number of esters is 1. The lowest BCUT2D eigenvalue weighted by molar-refractivity contribution is 0.0563. The van der Waals surface area contributed by atoms with Gasteiger partial charge in [0.05, 0.1) is 13.4 Å². The van der Waals surface area contributed by atoms with Crippen molar-refractivity contribution in [2.24, 2.45) is 0 Å². The van der Waals surface area contributed by atoms with Crippen LogP contribution in [0.3, 0.4) is 0 Å². The minimum absolute atomic E-state index is 0.295. The number of hydrogen-bond donors (Lipinski definition) is 0. The van der Waals surface area contributed by atoms with Gasteiger partial charge in [0.1, 0.15) is 0 Å². The van der Waals surface area contributed by atoms with Crippen molar-refractivity contribution in [1.82, 2.24) is 0 Å². The topological polar surface area (TPSA) is 42.7 Å². The molecule has 1 aromatic heterocycles. The number of para-hydroxylation sites is 1. The van der Waals surface area contributed by atoms with E-state index in [-0.39, 0.29) is 0 Å². The molecule has 0 saturated heterocycles. The third-order valence-electron chi connectivity index (χ3n) is 3.81. The zero-order valence-electron chi connectivity index (χ0n) is 11.6. The number of nitrogens with zero attached hydrogens (tertiary/aromatic N) is 1. The minimum Gasteiger partial charge on any atom is -0.463 e. The van der Waals surface area contributed by atoms with Crippen molar-refractivity contribution in [2.45, 2.75) is 25.9 Å². The first-order valence-electron chi connectivity index (χ1n) is 6.70. The number of carbonyl (C=O) groups is 1. The molecular weight excluding hydrogens is 254 g/mol. The van der Waals surface area contributed by atoms with Crippen LogP contribution in [0.5, 0.6) is 0 Å². The third-order valence-corrected chi connectivity index (χ3v) is 3.81. The second-order valence-corrected chi connectivity index (χ2v) is 5.08. The number of carbonyl (C=O) groups excluding carboxylic acids is 1. The van der Waals surface area contributed by atoms with Crippen LogP contribution in [-0.2, 0) is 17.7 Å². The Balaban J connectivity index is 1.89. The molecule has 0 bridgehead atoms.